The largest absolute Gasteiger partial charge is 0.443 e. The standard InChI is InChI=1S/C29H37N3O6/c1-18(2)15-32(26-20-10-6-7-11-22(20)30-27(26)34)16-24(33)23(14-19-8-4-3-5-9-19)31-29(35)38-25-17-37-28-21(25)12-13-36-28/h3-11,18,21,23-26,28,33H,12-17H2,1-2H3,(H,30,34)(H,31,35)/t21?,23-,24+,25-,26?,28+/m0/s1. The van der Waals surface area contributed by atoms with E-state index in [4.69, 9.17) is 14.2 Å². The Morgan fingerprint density at radius 3 is 2.68 bits per heavy atom. The number of benzene rings is 2. The number of carbonyl (C=O) groups is 2. The van der Waals surface area contributed by atoms with E-state index in [1.807, 2.05) is 59.5 Å². The van der Waals surface area contributed by atoms with E-state index in [1.165, 1.54) is 0 Å². The molecule has 2 aromatic carbocycles. The highest BCUT2D eigenvalue weighted by atomic mass is 16.7. The zero-order valence-corrected chi connectivity index (χ0v) is 21.9. The minimum absolute atomic E-state index is 0.0285. The Morgan fingerprint density at radius 2 is 1.89 bits per heavy atom. The molecule has 9 nitrogen and oxygen atoms in total. The highest BCUT2D eigenvalue weighted by Crippen LogP contribution is 2.36. The number of aliphatic hydroxyl groups excluding tert-OH is 1. The van der Waals surface area contributed by atoms with Gasteiger partial charge in [-0.25, -0.2) is 4.79 Å². The van der Waals surface area contributed by atoms with Crippen molar-refractivity contribution in [1.82, 2.24) is 10.2 Å². The smallest absolute Gasteiger partial charge is 0.407 e. The van der Waals surface area contributed by atoms with Crippen molar-refractivity contribution < 1.29 is 28.9 Å². The lowest BCUT2D eigenvalue weighted by atomic mass is 9.98. The summed E-state index contributed by atoms with van der Waals surface area (Å²) < 4.78 is 16.9. The van der Waals surface area contributed by atoms with E-state index < -0.39 is 24.3 Å². The van der Waals surface area contributed by atoms with Gasteiger partial charge in [0.2, 0.25) is 5.91 Å². The van der Waals surface area contributed by atoms with Crippen molar-refractivity contribution in [3.8, 4) is 0 Å². The molecule has 0 aromatic heterocycles. The van der Waals surface area contributed by atoms with Gasteiger partial charge in [0.05, 0.1) is 31.3 Å². The van der Waals surface area contributed by atoms with Crippen LogP contribution < -0.4 is 10.6 Å². The molecule has 3 N–H and O–H groups in total. The van der Waals surface area contributed by atoms with Crippen LogP contribution in [0.2, 0.25) is 0 Å². The zero-order valence-electron chi connectivity index (χ0n) is 21.9. The molecule has 2 saturated heterocycles. The maximum absolute atomic E-state index is 13.0. The fourth-order valence-corrected chi connectivity index (χ4v) is 5.70. The Balaban J connectivity index is 1.32. The third-order valence-electron chi connectivity index (χ3n) is 7.46. The molecule has 0 aliphatic carbocycles. The number of anilines is 1. The number of nitrogens with one attached hydrogen (secondary N) is 2. The molecule has 0 spiro atoms. The van der Waals surface area contributed by atoms with Crippen molar-refractivity contribution in [1.29, 1.82) is 0 Å². The van der Waals surface area contributed by atoms with Crippen LogP contribution in [0.3, 0.4) is 0 Å². The van der Waals surface area contributed by atoms with E-state index >= 15 is 0 Å². The number of amides is 2. The van der Waals surface area contributed by atoms with Crippen LogP contribution in [0.5, 0.6) is 0 Å². The molecule has 5 rings (SSSR count). The minimum Gasteiger partial charge on any atom is -0.443 e. The third-order valence-corrected chi connectivity index (χ3v) is 7.46. The van der Waals surface area contributed by atoms with Crippen molar-refractivity contribution in [2.24, 2.45) is 11.8 Å². The van der Waals surface area contributed by atoms with Gasteiger partial charge in [0.1, 0.15) is 12.1 Å². The average Bonchev–Trinajstić information content (AvgIpc) is 3.58. The summed E-state index contributed by atoms with van der Waals surface area (Å²) in [5, 5.41) is 17.4. The highest BCUT2D eigenvalue weighted by molar-refractivity contribution is 6.02. The number of alkyl carbamates (subject to hydrolysis) is 1. The summed E-state index contributed by atoms with van der Waals surface area (Å²) >= 11 is 0. The first-order chi connectivity index (χ1) is 18.4. The molecule has 38 heavy (non-hydrogen) atoms. The van der Waals surface area contributed by atoms with Gasteiger partial charge in [-0.15, -0.1) is 0 Å². The van der Waals surface area contributed by atoms with Gasteiger partial charge in [0, 0.05) is 24.3 Å². The SMILES string of the molecule is CC(C)CN(C[C@@H](O)[C@H](Cc1ccccc1)NC(=O)O[C@H]1CO[C@H]2OCCC21)C1C(=O)Nc2ccccc21. The second-order valence-electron chi connectivity index (χ2n) is 10.8. The molecule has 2 fully saturated rings. The van der Waals surface area contributed by atoms with Crippen LogP contribution in [0.15, 0.2) is 54.6 Å². The van der Waals surface area contributed by atoms with Gasteiger partial charge < -0.3 is 30.0 Å². The minimum atomic E-state index is -0.954. The summed E-state index contributed by atoms with van der Waals surface area (Å²) in [6, 6.07) is 16.2. The fraction of sp³-hybridized carbons (Fsp3) is 0.517. The van der Waals surface area contributed by atoms with Gasteiger partial charge in [0.15, 0.2) is 6.29 Å². The van der Waals surface area contributed by atoms with E-state index in [0.717, 1.165) is 23.2 Å². The lowest BCUT2D eigenvalue weighted by molar-refractivity contribution is -0.121. The molecule has 3 aliphatic rings. The molecule has 0 saturated carbocycles. The van der Waals surface area contributed by atoms with Gasteiger partial charge in [-0.1, -0.05) is 62.4 Å². The van der Waals surface area contributed by atoms with Crippen LogP contribution in [0.4, 0.5) is 10.5 Å². The van der Waals surface area contributed by atoms with Gasteiger partial charge in [-0.2, -0.15) is 0 Å². The predicted molar refractivity (Wildman–Crippen MR) is 141 cm³/mol. The molecule has 9 heteroatoms. The number of para-hydroxylation sites is 1. The maximum Gasteiger partial charge on any atom is 0.407 e. The summed E-state index contributed by atoms with van der Waals surface area (Å²) in [5.41, 5.74) is 2.66. The van der Waals surface area contributed by atoms with Crippen LogP contribution in [0.25, 0.3) is 0 Å². The Labute approximate surface area is 223 Å². The van der Waals surface area contributed by atoms with Crippen LogP contribution in [-0.2, 0) is 25.4 Å². The van der Waals surface area contributed by atoms with Crippen LogP contribution in [-0.4, -0.2) is 72.8 Å². The number of hydrogen-bond donors (Lipinski definition) is 3. The quantitative estimate of drug-likeness (QED) is 0.439. The second-order valence-corrected chi connectivity index (χ2v) is 10.8. The number of nitrogens with zero attached hydrogens (tertiary/aromatic N) is 1. The summed E-state index contributed by atoms with van der Waals surface area (Å²) in [7, 11) is 0. The number of carbonyl (C=O) groups excluding carboxylic acids is 2. The van der Waals surface area contributed by atoms with E-state index in [2.05, 4.69) is 24.5 Å². The number of aliphatic hydroxyl groups is 1. The zero-order chi connectivity index (χ0) is 26.6. The molecule has 204 valence electrons. The number of hydrogen-bond acceptors (Lipinski definition) is 7. The topological polar surface area (TPSA) is 109 Å². The number of ether oxygens (including phenoxy) is 3. The van der Waals surface area contributed by atoms with E-state index in [-0.39, 0.29) is 36.7 Å². The van der Waals surface area contributed by atoms with Crippen molar-refractivity contribution >= 4 is 17.7 Å². The monoisotopic (exact) mass is 523 g/mol. The van der Waals surface area contributed by atoms with Crippen LogP contribution >= 0.6 is 0 Å². The molecular weight excluding hydrogens is 486 g/mol. The second kappa shape index (κ2) is 11.8. The summed E-state index contributed by atoms with van der Waals surface area (Å²) in [5.74, 6) is 0.179. The van der Waals surface area contributed by atoms with Crippen LogP contribution in [0, 0.1) is 11.8 Å². The van der Waals surface area contributed by atoms with E-state index in [0.29, 0.717) is 26.2 Å². The Kier molecular flexibility index (Phi) is 8.28. The molecule has 3 aliphatic heterocycles. The lowest BCUT2D eigenvalue weighted by Gasteiger charge is -2.34. The Morgan fingerprint density at radius 1 is 1.13 bits per heavy atom. The third kappa shape index (κ3) is 6.02. The maximum atomic E-state index is 13.0. The Hall–Kier alpha value is -2.98. The van der Waals surface area contributed by atoms with Crippen LogP contribution in [0.1, 0.15) is 37.4 Å². The van der Waals surface area contributed by atoms with Gasteiger partial charge >= 0.3 is 6.09 Å². The number of rotatable bonds is 10. The number of fused-ring (bicyclic) bond motifs is 2. The first kappa shape index (κ1) is 26.6. The molecule has 2 unspecified atom stereocenters. The van der Waals surface area contributed by atoms with Gasteiger partial charge in [-0.05, 0) is 30.4 Å². The molecule has 6 atom stereocenters. The van der Waals surface area contributed by atoms with Gasteiger partial charge in [-0.3, -0.25) is 9.69 Å². The van der Waals surface area contributed by atoms with Crippen molar-refractivity contribution in [2.45, 2.75) is 57.3 Å². The molecule has 3 heterocycles. The first-order valence-electron chi connectivity index (χ1n) is 13.4. The normalized spacial score (nSPS) is 25.7. The van der Waals surface area contributed by atoms with Crippen molar-refractivity contribution in [3.05, 3.63) is 65.7 Å². The molecule has 2 amide bonds. The first-order valence-corrected chi connectivity index (χ1v) is 13.4. The molecule has 0 bridgehead atoms. The predicted octanol–water partition coefficient (Wildman–Crippen LogP) is 3.10. The van der Waals surface area contributed by atoms with Crippen molar-refractivity contribution in [2.75, 3.05) is 31.6 Å². The average molecular weight is 524 g/mol. The summed E-state index contributed by atoms with van der Waals surface area (Å²) in [6.45, 7) is 5.86. The van der Waals surface area contributed by atoms with Crippen molar-refractivity contribution in [3.63, 3.8) is 0 Å². The highest BCUT2D eigenvalue weighted by Gasteiger charge is 2.44. The summed E-state index contributed by atoms with van der Waals surface area (Å²) in [6.07, 6.45) is -1.05. The molecule has 0 radical (unpaired) electrons. The van der Waals surface area contributed by atoms with E-state index in [1.54, 1.807) is 0 Å². The lowest BCUT2D eigenvalue weighted by Crippen LogP contribution is -2.51. The molecule has 2 aromatic rings. The summed E-state index contributed by atoms with van der Waals surface area (Å²) in [4.78, 5) is 28.0. The molecular formula is C29H37N3O6. The van der Waals surface area contributed by atoms with E-state index in [9.17, 15) is 14.7 Å². The fourth-order valence-electron chi connectivity index (χ4n) is 5.70. The van der Waals surface area contributed by atoms with Gasteiger partial charge in [0.25, 0.3) is 0 Å². The Bertz CT molecular complexity index is 1110.